The zero-order chi connectivity index (χ0) is 23.8. The summed E-state index contributed by atoms with van der Waals surface area (Å²) in [7, 11) is 1.58. The number of allylic oxidation sites excluding steroid dienone is 2. The number of methoxy groups -OCH3 is 1. The Kier molecular flexibility index (Phi) is 6.43. The van der Waals surface area contributed by atoms with Crippen molar-refractivity contribution in [1.82, 2.24) is 9.97 Å². The number of carboxylic acids is 1. The Morgan fingerprint density at radius 1 is 1.24 bits per heavy atom. The van der Waals surface area contributed by atoms with Gasteiger partial charge >= 0.3 is 5.97 Å². The molecule has 0 bridgehead atoms. The highest BCUT2D eigenvalue weighted by molar-refractivity contribution is 5.91. The summed E-state index contributed by atoms with van der Waals surface area (Å²) in [5, 5.41) is 25.2. The fourth-order valence-corrected chi connectivity index (χ4v) is 5.00. The predicted molar refractivity (Wildman–Crippen MR) is 128 cm³/mol. The number of aliphatic carboxylic acids is 1. The molecular weight excluding hydrogens is 418 g/mol. The summed E-state index contributed by atoms with van der Waals surface area (Å²) in [6, 6.07) is 3.83. The summed E-state index contributed by atoms with van der Waals surface area (Å²) in [4.78, 5) is 20.7. The topological polar surface area (TPSA) is 105 Å². The first kappa shape index (κ1) is 23.2. The van der Waals surface area contributed by atoms with Crippen molar-refractivity contribution in [3.05, 3.63) is 46.8 Å². The molecule has 7 heteroatoms. The normalized spacial score (nSPS) is 24.1. The molecule has 4 rings (SSSR count). The Hall–Kier alpha value is -2.93. The largest absolute Gasteiger partial charge is 0.496 e. The molecule has 0 saturated heterocycles. The van der Waals surface area contributed by atoms with Crippen LogP contribution in [0.5, 0.6) is 5.75 Å². The highest BCUT2D eigenvalue weighted by atomic mass is 16.5. The van der Waals surface area contributed by atoms with Gasteiger partial charge in [-0.05, 0) is 70.9 Å². The first-order chi connectivity index (χ1) is 15.7. The number of nitrogens with zero attached hydrogens (tertiary/aromatic N) is 2. The number of hydrogen-bond acceptors (Lipinski definition) is 6. The average molecular weight is 452 g/mol. The van der Waals surface area contributed by atoms with Crippen LogP contribution in [0.1, 0.15) is 63.8 Å². The first-order valence-corrected chi connectivity index (χ1v) is 11.7. The van der Waals surface area contributed by atoms with Crippen LogP contribution in [-0.4, -0.2) is 39.3 Å². The molecule has 1 aromatic carbocycles. The van der Waals surface area contributed by atoms with E-state index in [2.05, 4.69) is 41.3 Å². The molecule has 7 nitrogen and oxygen atoms in total. The van der Waals surface area contributed by atoms with E-state index in [4.69, 9.17) is 4.74 Å². The number of aliphatic hydroxyl groups is 1. The van der Waals surface area contributed by atoms with Crippen molar-refractivity contribution in [2.45, 2.75) is 70.9 Å². The van der Waals surface area contributed by atoms with Gasteiger partial charge in [-0.2, -0.15) is 0 Å². The number of hydrogen-bond donors (Lipinski definition) is 3. The van der Waals surface area contributed by atoms with E-state index in [0.717, 1.165) is 23.7 Å². The van der Waals surface area contributed by atoms with Gasteiger partial charge in [-0.1, -0.05) is 17.7 Å². The molecule has 0 radical (unpaired) electrons. The summed E-state index contributed by atoms with van der Waals surface area (Å²) in [6.07, 6.45) is 8.23. The third-order valence-electron chi connectivity index (χ3n) is 6.98. The SMILES string of the molecule is COc1cc2nc(C)nc(N[C@H](C)C3=CCCC(C)=C3)c2cc1C1(O)CCC(C(=O)O)CC1. The average Bonchev–Trinajstić information content (AvgIpc) is 2.78. The number of aromatic nitrogens is 2. The minimum atomic E-state index is -1.15. The zero-order valence-electron chi connectivity index (χ0n) is 19.8. The van der Waals surface area contributed by atoms with Gasteiger partial charge in [0.2, 0.25) is 0 Å². The lowest BCUT2D eigenvalue weighted by molar-refractivity contribution is -0.145. The van der Waals surface area contributed by atoms with E-state index in [-0.39, 0.29) is 6.04 Å². The van der Waals surface area contributed by atoms with Crippen molar-refractivity contribution in [1.29, 1.82) is 0 Å². The molecule has 0 unspecified atom stereocenters. The van der Waals surface area contributed by atoms with Crippen LogP contribution in [-0.2, 0) is 10.4 Å². The van der Waals surface area contributed by atoms with E-state index in [1.165, 1.54) is 11.1 Å². The second kappa shape index (κ2) is 9.14. The third-order valence-corrected chi connectivity index (χ3v) is 6.98. The molecule has 176 valence electrons. The van der Waals surface area contributed by atoms with E-state index in [1.54, 1.807) is 7.11 Å². The number of anilines is 1. The maximum atomic E-state index is 11.5. The van der Waals surface area contributed by atoms with E-state index < -0.39 is 17.5 Å². The van der Waals surface area contributed by atoms with Crippen molar-refractivity contribution in [3.8, 4) is 5.75 Å². The molecule has 2 aliphatic carbocycles. The Morgan fingerprint density at radius 2 is 1.97 bits per heavy atom. The molecule has 33 heavy (non-hydrogen) atoms. The highest BCUT2D eigenvalue weighted by Crippen LogP contribution is 2.45. The van der Waals surface area contributed by atoms with Crippen molar-refractivity contribution < 1.29 is 19.7 Å². The number of fused-ring (bicyclic) bond motifs is 1. The summed E-state index contributed by atoms with van der Waals surface area (Å²) < 4.78 is 5.64. The lowest BCUT2D eigenvalue weighted by atomic mass is 9.74. The quantitative estimate of drug-likeness (QED) is 0.575. The Morgan fingerprint density at radius 3 is 2.61 bits per heavy atom. The van der Waals surface area contributed by atoms with Gasteiger partial charge < -0.3 is 20.3 Å². The smallest absolute Gasteiger partial charge is 0.306 e. The van der Waals surface area contributed by atoms with Crippen LogP contribution >= 0.6 is 0 Å². The fraction of sp³-hybridized carbons (Fsp3) is 0.500. The van der Waals surface area contributed by atoms with Gasteiger partial charge in [0, 0.05) is 23.1 Å². The van der Waals surface area contributed by atoms with Crippen molar-refractivity contribution in [3.63, 3.8) is 0 Å². The summed E-state index contributed by atoms with van der Waals surface area (Å²) in [5.74, 6) is 0.713. The second-order valence-corrected chi connectivity index (χ2v) is 9.43. The molecule has 1 atom stereocenters. The molecule has 2 aliphatic rings. The van der Waals surface area contributed by atoms with E-state index in [0.29, 0.717) is 48.6 Å². The number of nitrogens with one attached hydrogen (secondary N) is 1. The van der Waals surface area contributed by atoms with Crippen LogP contribution in [0.3, 0.4) is 0 Å². The Labute approximate surface area is 194 Å². The van der Waals surface area contributed by atoms with Crippen LogP contribution in [0, 0.1) is 12.8 Å². The number of benzene rings is 1. The van der Waals surface area contributed by atoms with Gasteiger partial charge in [-0.3, -0.25) is 4.79 Å². The first-order valence-electron chi connectivity index (χ1n) is 11.7. The molecular formula is C26H33N3O4. The predicted octanol–water partition coefficient (Wildman–Crippen LogP) is 4.88. The van der Waals surface area contributed by atoms with Gasteiger partial charge in [0.15, 0.2) is 0 Å². The van der Waals surface area contributed by atoms with Crippen LogP contribution in [0.25, 0.3) is 10.9 Å². The Bertz CT molecular complexity index is 1130. The standard InChI is InChI=1S/C26H33N3O4/c1-15-6-5-7-19(12-15)16(2)27-24-20-13-21(23(33-4)14-22(20)28-17(3)29-24)26(32)10-8-18(9-11-26)25(30)31/h7,12-14,16,18,32H,5-6,8-11H2,1-4H3,(H,30,31)(H,27,28,29)/t16-,18?,26?/m1/s1. The van der Waals surface area contributed by atoms with Crippen molar-refractivity contribution in [2.24, 2.45) is 5.92 Å². The minimum absolute atomic E-state index is 0.0670. The summed E-state index contributed by atoms with van der Waals surface area (Å²) in [5.41, 5.74) is 2.87. The third kappa shape index (κ3) is 4.74. The van der Waals surface area contributed by atoms with Crippen LogP contribution < -0.4 is 10.1 Å². The number of rotatable bonds is 6. The van der Waals surface area contributed by atoms with Crippen molar-refractivity contribution in [2.75, 3.05) is 12.4 Å². The monoisotopic (exact) mass is 451 g/mol. The van der Waals surface area contributed by atoms with E-state index in [9.17, 15) is 15.0 Å². The van der Waals surface area contributed by atoms with E-state index >= 15 is 0 Å². The summed E-state index contributed by atoms with van der Waals surface area (Å²) in [6.45, 7) is 6.14. The molecule has 2 aromatic rings. The number of carbonyl (C=O) groups is 1. The Balaban J connectivity index is 1.73. The zero-order valence-corrected chi connectivity index (χ0v) is 19.8. The van der Waals surface area contributed by atoms with Gasteiger partial charge in [-0.25, -0.2) is 9.97 Å². The number of carboxylic acid groups (broad SMARTS) is 1. The van der Waals surface area contributed by atoms with Crippen LogP contribution in [0.15, 0.2) is 35.4 Å². The highest BCUT2D eigenvalue weighted by Gasteiger charge is 2.39. The van der Waals surface area contributed by atoms with E-state index in [1.807, 2.05) is 19.1 Å². The molecule has 1 fully saturated rings. The number of ether oxygens (including phenoxy) is 1. The number of aryl methyl sites for hydroxylation is 1. The summed E-state index contributed by atoms with van der Waals surface area (Å²) >= 11 is 0. The van der Waals surface area contributed by atoms with Crippen LogP contribution in [0.4, 0.5) is 5.82 Å². The molecule has 1 aromatic heterocycles. The molecule has 1 heterocycles. The molecule has 0 aliphatic heterocycles. The van der Waals surface area contributed by atoms with Gasteiger partial charge in [0.05, 0.1) is 24.1 Å². The lowest BCUT2D eigenvalue weighted by Gasteiger charge is -2.36. The maximum Gasteiger partial charge on any atom is 0.306 e. The minimum Gasteiger partial charge on any atom is -0.496 e. The molecule has 0 amide bonds. The fourth-order valence-electron chi connectivity index (χ4n) is 5.00. The molecule has 3 N–H and O–H groups in total. The molecule has 0 spiro atoms. The molecule has 1 saturated carbocycles. The lowest BCUT2D eigenvalue weighted by Crippen LogP contribution is -2.34. The van der Waals surface area contributed by atoms with Gasteiger partial charge in [0.1, 0.15) is 17.4 Å². The van der Waals surface area contributed by atoms with Gasteiger partial charge in [0.25, 0.3) is 0 Å². The van der Waals surface area contributed by atoms with Crippen LogP contribution in [0.2, 0.25) is 0 Å². The van der Waals surface area contributed by atoms with Gasteiger partial charge in [-0.15, -0.1) is 0 Å². The maximum absolute atomic E-state index is 11.5. The second-order valence-electron chi connectivity index (χ2n) is 9.43. The van der Waals surface area contributed by atoms with Crippen molar-refractivity contribution >= 4 is 22.7 Å².